The smallest absolute Gasteiger partial charge is 0.104 e. The van der Waals surface area contributed by atoms with Gasteiger partial charge in [0.2, 0.25) is 0 Å². The lowest BCUT2D eigenvalue weighted by atomic mass is 10.0. The van der Waals surface area contributed by atoms with Crippen molar-refractivity contribution in [1.82, 2.24) is 18.3 Å². The summed E-state index contributed by atoms with van der Waals surface area (Å²) in [4.78, 5) is 0. The van der Waals surface area contributed by atoms with E-state index in [-0.39, 0.29) is 0 Å². The second-order valence-corrected chi connectivity index (χ2v) is 18.3. The number of hydrogen-bond acceptors (Lipinski definition) is 2. The molecular weight excluding hydrogens is 853 g/mol. The molecule has 4 aromatic heterocycles. The van der Waals surface area contributed by atoms with Crippen LogP contribution in [-0.4, -0.2) is 18.3 Å². The van der Waals surface area contributed by atoms with E-state index in [1.807, 2.05) is 12.1 Å². The molecular formula is C64H36N6. The molecule has 70 heavy (non-hydrogen) atoms. The number of nitrogens with zero attached hydrogens (tertiary/aromatic N) is 6. The highest BCUT2D eigenvalue weighted by Crippen LogP contribution is 2.44. The van der Waals surface area contributed by atoms with Crippen molar-refractivity contribution >= 4 is 109 Å². The van der Waals surface area contributed by atoms with Gasteiger partial charge in [-0.1, -0.05) is 133 Å². The molecule has 0 saturated carbocycles. The van der Waals surface area contributed by atoms with Gasteiger partial charge in [0.1, 0.15) is 17.7 Å². The Hall–Kier alpha value is -9.88. The van der Waals surface area contributed by atoms with E-state index in [0.717, 1.165) is 98.6 Å². The zero-order valence-electron chi connectivity index (χ0n) is 37.5. The first kappa shape index (κ1) is 38.2. The molecule has 0 bridgehead atoms. The van der Waals surface area contributed by atoms with Crippen LogP contribution in [0.15, 0.2) is 218 Å². The maximum Gasteiger partial charge on any atom is 0.104 e. The van der Waals surface area contributed by atoms with Crippen LogP contribution in [0, 0.1) is 22.7 Å². The van der Waals surface area contributed by atoms with E-state index in [9.17, 15) is 10.5 Å². The van der Waals surface area contributed by atoms with E-state index >= 15 is 0 Å². The van der Waals surface area contributed by atoms with Gasteiger partial charge >= 0.3 is 0 Å². The van der Waals surface area contributed by atoms with E-state index in [1.165, 1.54) is 21.5 Å². The van der Waals surface area contributed by atoms with Crippen molar-refractivity contribution in [3.63, 3.8) is 0 Å². The Morgan fingerprint density at radius 1 is 0.286 bits per heavy atom. The van der Waals surface area contributed by atoms with Crippen LogP contribution in [0.25, 0.3) is 132 Å². The summed E-state index contributed by atoms with van der Waals surface area (Å²) in [6, 6.07) is 82.4. The van der Waals surface area contributed by atoms with Crippen LogP contribution in [-0.2, 0) is 0 Å². The van der Waals surface area contributed by atoms with Gasteiger partial charge in [-0.3, -0.25) is 0 Å². The minimum absolute atomic E-state index is 0.413. The monoisotopic (exact) mass is 888 g/mol. The quantitative estimate of drug-likeness (QED) is 0.177. The Morgan fingerprint density at radius 2 is 0.671 bits per heavy atom. The molecule has 15 aromatic rings. The fourth-order valence-corrected chi connectivity index (χ4v) is 11.9. The molecule has 0 N–H and O–H groups in total. The number of para-hydroxylation sites is 4. The molecule has 322 valence electrons. The molecule has 15 rings (SSSR count). The molecule has 0 spiro atoms. The summed E-state index contributed by atoms with van der Waals surface area (Å²) in [6.07, 6.45) is 0. The summed E-state index contributed by atoms with van der Waals surface area (Å²) >= 11 is 0. The minimum Gasteiger partial charge on any atom is -0.309 e. The summed E-state index contributed by atoms with van der Waals surface area (Å²) in [6.45, 7) is 0. The molecule has 0 fully saturated rings. The van der Waals surface area contributed by atoms with E-state index in [0.29, 0.717) is 22.5 Å². The third kappa shape index (κ3) is 5.08. The Balaban J connectivity index is 1.03. The Bertz CT molecular complexity index is 4760. The first-order valence-corrected chi connectivity index (χ1v) is 23.6. The summed E-state index contributed by atoms with van der Waals surface area (Å²) in [7, 11) is 0. The molecule has 0 amide bonds. The molecule has 0 aliphatic rings. The lowest BCUT2D eigenvalue weighted by Crippen LogP contribution is -2.06. The molecule has 11 aromatic carbocycles. The molecule has 4 heterocycles. The van der Waals surface area contributed by atoms with Gasteiger partial charge in [0.15, 0.2) is 0 Å². The molecule has 0 aliphatic carbocycles. The number of aromatic nitrogens is 4. The van der Waals surface area contributed by atoms with Crippen molar-refractivity contribution in [2.45, 2.75) is 0 Å². The van der Waals surface area contributed by atoms with Gasteiger partial charge in [0, 0.05) is 54.5 Å². The fraction of sp³-hybridized carbons (Fsp3) is 0. The second-order valence-electron chi connectivity index (χ2n) is 18.3. The van der Waals surface area contributed by atoms with Crippen LogP contribution < -0.4 is 0 Å². The number of rotatable bonds is 4. The zero-order chi connectivity index (χ0) is 46.2. The molecule has 0 saturated heterocycles. The van der Waals surface area contributed by atoms with Gasteiger partial charge in [-0.05, 0) is 106 Å². The van der Waals surface area contributed by atoms with E-state index in [2.05, 4.69) is 237 Å². The van der Waals surface area contributed by atoms with E-state index < -0.39 is 0 Å². The lowest BCUT2D eigenvalue weighted by molar-refractivity contribution is 1.11. The van der Waals surface area contributed by atoms with Crippen molar-refractivity contribution in [3.8, 4) is 34.9 Å². The minimum atomic E-state index is 0.413. The van der Waals surface area contributed by atoms with E-state index in [1.54, 1.807) is 0 Å². The Kier molecular flexibility index (Phi) is 7.82. The van der Waals surface area contributed by atoms with Crippen molar-refractivity contribution in [1.29, 1.82) is 10.5 Å². The summed E-state index contributed by atoms with van der Waals surface area (Å²) in [5.41, 5.74) is 12.5. The van der Waals surface area contributed by atoms with Crippen molar-refractivity contribution in [2.24, 2.45) is 0 Å². The predicted octanol–water partition coefficient (Wildman–Crippen LogP) is 16.1. The molecule has 0 radical (unpaired) electrons. The molecule has 6 heteroatoms. The predicted molar refractivity (Wildman–Crippen MR) is 288 cm³/mol. The highest BCUT2D eigenvalue weighted by atomic mass is 15.0. The summed E-state index contributed by atoms with van der Waals surface area (Å²) in [5.74, 6) is 0. The first-order chi connectivity index (χ1) is 34.7. The summed E-state index contributed by atoms with van der Waals surface area (Å²) < 4.78 is 9.10. The maximum absolute atomic E-state index is 11.7. The van der Waals surface area contributed by atoms with Crippen LogP contribution in [0.5, 0.6) is 0 Å². The molecule has 0 aliphatic heterocycles. The standard InChI is InChI=1S/C64H36N6/c65-37-41-27-30-59(69-57-33-28-42(35-50(57)62-44-15-3-1-13-39(44)25-31-60(62)69)67-53-21-9-5-17-46(53)47-18-6-10-22-54(47)67)52(38-66)64(41)70-58-34-29-43(36-51(58)63-45-16-4-2-14-40(45)26-32-61(63)70)68-55-23-11-7-19-48(55)49-20-8-12-24-56(49)68/h1-36H. The van der Waals surface area contributed by atoms with Gasteiger partial charge < -0.3 is 18.3 Å². The van der Waals surface area contributed by atoms with Crippen molar-refractivity contribution < 1.29 is 0 Å². The third-order valence-corrected chi connectivity index (χ3v) is 14.8. The van der Waals surface area contributed by atoms with E-state index in [4.69, 9.17) is 0 Å². The number of fused-ring (bicyclic) bond motifs is 16. The number of nitriles is 2. The van der Waals surface area contributed by atoms with Gasteiger partial charge in [0.05, 0.1) is 61.1 Å². The van der Waals surface area contributed by atoms with Gasteiger partial charge in [-0.25, -0.2) is 0 Å². The maximum atomic E-state index is 11.7. The number of benzene rings is 11. The highest BCUT2D eigenvalue weighted by Gasteiger charge is 2.26. The SMILES string of the molecule is N#Cc1ccc(-n2c3ccc(-n4c5ccccc5c5ccccc54)cc3c3c4ccccc4ccc32)c(C#N)c1-n1c2ccc(-n3c4ccccc4c4ccccc43)cc2c2c3ccccc3ccc21. The Labute approximate surface area is 400 Å². The summed E-state index contributed by atoms with van der Waals surface area (Å²) in [5, 5.41) is 36.3. The normalized spacial score (nSPS) is 12.0. The Morgan fingerprint density at radius 3 is 1.13 bits per heavy atom. The zero-order valence-corrected chi connectivity index (χ0v) is 37.5. The van der Waals surface area contributed by atoms with Crippen LogP contribution in [0.4, 0.5) is 0 Å². The lowest BCUT2D eigenvalue weighted by Gasteiger charge is -2.17. The van der Waals surface area contributed by atoms with Crippen molar-refractivity contribution in [2.75, 3.05) is 0 Å². The average Bonchev–Trinajstić information content (AvgIpc) is 4.15. The molecule has 0 unspecified atom stereocenters. The fourth-order valence-electron chi connectivity index (χ4n) is 11.9. The van der Waals surface area contributed by atoms with Crippen molar-refractivity contribution in [3.05, 3.63) is 230 Å². The molecule has 6 nitrogen and oxygen atoms in total. The third-order valence-electron chi connectivity index (χ3n) is 14.8. The molecule has 0 atom stereocenters. The van der Waals surface area contributed by atoms with Crippen LogP contribution in [0.3, 0.4) is 0 Å². The largest absolute Gasteiger partial charge is 0.309 e. The highest BCUT2D eigenvalue weighted by molar-refractivity contribution is 6.24. The van der Waals surface area contributed by atoms with Gasteiger partial charge in [0.25, 0.3) is 0 Å². The number of hydrogen-bond donors (Lipinski definition) is 0. The first-order valence-electron chi connectivity index (χ1n) is 23.6. The average molecular weight is 889 g/mol. The topological polar surface area (TPSA) is 67.3 Å². The van der Waals surface area contributed by atoms with Crippen LogP contribution in [0.2, 0.25) is 0 Å². The van der Waals surface area contributed by atoms with Gasteiger partial charge in [-0.15, -0.1) is 0 Å². The van der Waals surface area contributed by atoms with Gasteiger partial charge in [-0.2, -0.15) is 10.5 Å². The van der Waals surface area contributed by atoms with Crippen LogP contribution >= 0.6 is 0 Å². The van der Waals surface area contributed by atoms with Crippen LogP contribution in [0.1, 0.15) is 11.1 Å². The second kappa shape index (κ2) is 14.3.